The predicted octanol–water partition coefficient (Wildman–Crippen LogP) is 2.78. The van der Waals surface area contributed by atoms with Gasteiger partial charge in [0.15, 0.2) is 11.7 Å². The van der Waals surface area contributed by atoms with Gasteiger partial charge in [-0.2, -0.15) is 13.2 Å². The Hall–Kier alpha value is -1.35. The van der Waals surface area contributed by atoms with Gasteiger partial charge in [0.05, 0.1) is 5.01 Å². The number of aromatic nitrogens is 1. The normalized spacial score (nSPS) is 21.1. The van der Waals surface area contributed by atoms with Crippen LogP contribution in [0.15, 0.2) is 10.4 Å². The second-order valence-corrected chi connectivity index (χ2v) is 7.57. The van der Waals surface area contributed by atoms with Crippen molar-refractivity contribution in [2.75, 3.05) is 39.9 Å². The number of aliphatic imine (C=N–C) groups is 1. The molecule has 0 bridgehead atoms. The Balaban J connectivity index is 1.49. The Bertz CT molecular complexity index is 611. The number of guanidine groups is 1. The number of likely N-dealkylation sites (tertiary alicyclic amines) is 1. The van der Waals surface area contributed by atoms with E-state index in [1.54, 1.807) is 7.05 Å². The van der Waals surface area contributed by atoms with Crippen LogP contribution in [0.2, 0.25) is 0 Å². The monoisotopic (exact) mass is 376 g/mol. The van der Waals surface area contributed by atoms with Crippen molar-refractivity contribution < 1.29 is 17.9 Å². The van der Waals surface area contributed by atoms with Crippen LogP contribution in [0, 0.1) is 5.41 Å². The SMILES string of the molecule is CN=C(NCCc1nc(C(F)(F)F)cs1)N1CCC2(CCOCC2)C1. The smallest absolute Gasteiger partial charge is 0.381 e. The third-order valence-electron chi connectivity index (χ3n) is 4.97. The first-order chi connectivity index (χ1) is 11.9. The van der Waals surface area contributed by atoms with E-state index in [1.165, 1.54) is 0 Å². The number of nitrogens with one attached hydrogen (secondary N) is 1. The summed E-state index contributed by atoms with van der Waals surface area (Å²) in [5.74, 6) is 0.816. The van der Waals surface area contributed by atoms with Crippen LogP contribution in [0.25, 0.3) is 0 Å². The molecule has 0 radical (unpaired) electrons. The molecule has 9 heteroatoms. The Labute approximate surface area is 149 Å². The van der Waals surface area contributed by atoms with E-state index in [2.05, 4.69) is 20.2 Å². The minimum atomic E-state index is -4.37. The lowest BCUT2D eigenvalue weighted by Crippen LogP contribution is -2.42. The van der Waals surface area contributed by atoms with Crippen LogP contribution in [-0.2, 0) is 17.3 Å². The average molecular weight is 376 g/mol. The van der Waals surface area contributed by atoms with Crippen LogP contribution in [0.3, 0.4) is 0 Å². The van der Waals surface area contributed by atoms with E-state index in [1.807, 2.05) is 0 Å². The van der Waals surface area contributed by atoms with Crippen molar-refractivity contribution in [1.29, 1.82) is 0 Å². The van der Waals surface area contributed by atoms with Crippen molar-refractivity contribution in [3.8, 4) is 0 Å². The van der Waals surface area contributed by atoms with Crippen LogP contribution < -0.4 is 5.32 Å². The maximum atomic E-state index is 12.6. The van der Waals surface area contributed by atoms with E-state index in [0.29, 0.717) is 23.4 Å². The van der Waals surface area contributed by atoms with Crippen molar-refractivity contribution in [1.82, 2.24) is 15.2 Å². The van der Waals surface area contributed by atoms with Gasteiger partial charge in [0.2, 0.25) is 0 Å². The molecule has 25 heavy (non-hydrogen) atoms. The third kappa shape index (κ3) is 4.44. The summed E-state index contributed by atoms with van der Waals surface area (Å²) in [5, 5.41) is 4.81. The first-order valence-electron chi connectivity index (χ1n) is 8.47. The maximum Gasteiger partial charge on any atom is 0.434 e. The second kappa shape index (κ2) is 7.49. The standard InChI is InChI=1S/C16H23F3N4OS/c1-20-14(23-7-3-15(11-23)4-8-24-9-5-15)21-6-2-13-22-12(10-25-13)16(17,18)19/h10H,2-9,11H2,1H3,(H,20,21). The average Bonchev–Trinajstić information content (AvgIpc) is 3.20. The van der Waals surface area contributed by atoms with Gasteiger partial charge in [0, 0.05) is 51.7 Å². The molecule has 0 aliphatic carbocycles. The van der Waals surface area contributed by atoms with E-state index >= 15 is 0 Å². The minimum absolute atomic E-state index is 0.326. The molecule has 2 saturated heterocycles. The molecule has 0 saturated carbocycles. The van der Waals surface area contributed by atoms with E-state index in [4.69, 9.17) is 4.74 Å². The van der Waals surface area contributed by atoms with Crippen molar-refractivity contribution in [3.63, 3.8) is 0 Å². The van der Waals surface area contributed by atoms with Gasteiger partial charge in [-0.1, -0.05) is 0 Å². The van der Waals surface area contributed by atoms with Crippen molar-refractivity contribution in [2.45, 2.75) is 31.9 Å². The number of hydrogen-bond donors (Lipinski definition) is 1. The molecule has 3 rings (SSSR count). The zero-order valence-corrected chi connectivity index (χ0v) is 15.0. The second-order valence-electron chi connectivity index (χ2n) is 6.63. The van der Waals surface area contributed by atoms with Crippen LogP contribution in [0.1, 0.15) is 30.0 Å². The molecule has 1 N–H and O–H groups in total. The molecule has 3 heterocycles. The summed E-state index contributed by atoms with van der Waals surface area (Å²) in [4.78, 5) is 10.2. The summed E-state index contributed by atoms with van der Waals surface area (Å²) < 4.78 is 43.2. The molecule has 2 aliphatic rings. The summed E-state index contributed by atoms with van der Waals surface area (Å²) >= 11 is 1.05. The Kier molecular flexibility index (Phi) is 5.52. The molecular formula is C16H23F3N4OS. The number of nitrogens with zero attached hydrogens (tertiary/aromatic N) is 3. The summed E-state index contributed by atoms with van der Waals surface area (Å²) in [6.07, 6.45) is -0.615. The molecule has 0 atom stereocenters. The maximum absolute atomic E-state index is 12.6. The lowest BCUT2D eigenvalue weighted by molar-refractivity contribution is -0.140. The molecule has 0 aromatic carbocycles. The first kappa shape index (κ1) is 18.4. The van der Waals surface area contributed by atoms with Crippen LogP contribution in [0.5, 0.6) is 0 Å². The van der Waals surface area contributed by atoms with Gasteiger partial charge < -0.3 is 15.0 Å². The summed E-state index contributed by atoms with van der Waals surface area (Å²) in [5.41, 5.74) is -0.481. The topological polar surface area (TPSA) is 49.8 Å². The van der Waals surface area contributed by atoms with Gasteiger partial charge in [0.25, 0.3) is 0 Å². The van der Waals surface area contributed by atoms with Gasteiger partial charge in [0.1, 0.15) is 0 Å². The molecular weight excluding hydrogens is 353 g/mol. The number of rotatable bonds is 3. The first-order valence-corrected chi connectivity index (χ1v) is 9.35. The molecule has 140 valence electrons. The molecule has 2 fully saturated rings. The third-order valence-corrected chi connectivity index (χ3v) is 5.88. The van der Waals surface area contributed by atoms with E-state index in [-0.39, 0.29) is 0 Å². The van der Waals surface area contributed by atoms with Crippen LogP contribution in [-0.4, -0.2) is 55.7 Å². The van der Waals surface area contributed by atoms with E-state index < -0.39 is 11.9 Å². The lowest BCUT2D eigenvalue weighted by Gasteiger charge is -2.33. The van der Waals surface area contributed by atoms with Gasteiger partial charge in [-0.3, -0.25) is 4.99 Å². The highest BCUT2D eigenvalue weighted by molar-refractivity contribution is 7.09. The van der Waals surface area contributed by atoms with Crippen molar-refractivity contribution in [3.05, 3.63) is 16.1 Å². The predicted molar refractivity (Wildman–Crippen MR) is 90.9 cm³/mol. The van der Waals surface area contributed by atoms with Crippen LogP contribution in [0.4, 0.5) is 13.2 Å². The van der Waals surface area contributed by atoms with Gasteiger partial charge in [-0.05, 0) is 24.7 Å². The molecule has 1 spiro atoms. The molecule has 0 amide bonds. The number of ether oxygens (including phenoxy) is 1. The number of thiazole rings is 1. The number of alkyl halides is 3. The van der Waals surface area contributed by atoms with Gasteiger partial charge in [-0.25, -0.2) is 4.98 Å². The largest absolute Gasteiger partial charge is 0.434 e. The zero-order chi connectivity index (χ0) is 17.9. The summed E-state index contributed by atoms with van der Waals surface area (Å²) in [6, 6.07) is 0. The van der Waals surface area contributed by atoms with Crippen LogP contribution >= 0.6 is 11.3 Å². The highest BCUT2D eigenvalue weighted by Gasteiger charge is 2.40. The fraction of sp³-hybridized carbons (Fsp3) is 0.750. The fourth-order valence-electron chi connectivity index (χ4n) is 3.50. The summed E-state index contributed by atoms with van der Waals surface area (Å²) in [7, 11) is 1.74. The van der Waals surface area contributed by atoms with Crippen molar-refractivity contribution in [2.24, 2.45) is 10.4 Å². The number of halogens is 3. The Morgan fingerprint density at radius 3 is 2.80 bits per heavy atom. The highest BCUT2D eigenvalue weighted by atomic mass is 32.1. The molecule has 1 aromatic heterocycles. The molecule has 0 unspecified atom stereocenters. The highest BCUT2D eigenvalue weighted by Crippen LogP contribution is 2.39. The van der Waals surface area contributed by atoms with Crippen molar-refractivity contribution >= 4 is 17.3 Å². The zero-order valence-electron chi connectivity index (χ0n) is 14.2. The quantitative estimate of drug-likeness (QED) is 0.651. The Morgan fingerprint density at radius 2 is 2.16 bits per heavy atom. The summed E-state index contributed by atoms with van der Waals surface area (Å²) in [6.45, 7) is 4.08. The minimum Gasteiger partial charge on any atom is -0.381 e. The fourth-order valence-corrected chi connectivity index (χ4v) is 4.30. The lowest BCUT2D eigenvalue weighted by atomic mass is 9.80. The van der Waals surface area contributed by atoms with Gasteiger partial charge >= 0.3 is 6.18 Å². The van der Waals surface area contributed by atoms with E-state index in [9.17, 15) is 13.2 Å². The molecule has 5 nitrogen and oxygen atoms in total. The molecule has 2 aliphatic heterocycles. The van der Waals surface area contributed by atoms with E-state index in [0.717, 1.165) is 68.2 Å². The van der Waals surface area contributed by atoms with Gasteiger partial charge in [-0.15, -0.1) is 11.3 Å². The molecule has 1 aromatic rings. The Morgan fingerprint density at radius 1 is 1.40 bits per heavy atom. The number of hydrogen-bond acceptors (Lipinski definition) is 4.